The molecule has 0 fully saturated rings. The standard InChI is InChI=1S/C13H10O.C12H10O.2C8H10S.4C7H8S.3C2H6S.8C2H6/c14-13(11-7-3-1-4-8-11)12-9-5-2-6-10-12;1-3-7-11(8-4-1)13-12-9-5-2-6-10-12;1-7-4-3-5-8(6-7)9-2;1-7-5-3-4-6-8(7)9-2;4*1-8-7-5-3-2-4-6-7;3*1-3-2;8*1-2/h1-10H;1-10H;2*3-6H,1-2H3;4*2-6H,1H3;3*1-2H3;8*1-2H3. The summed E-state index contributed by atoms with van der Waals surface area (Å²) in [5, 5.41) is 0. The summed E-state index contributed by atoms with van der Waals surface area (Å²) in [4.78, 5) is 19.9. The van der Waals surface area contributed by atoms with Gasteiger partial charge in [-0.2, -0.15) is 35.3 Å². The topological polar surface area (TPSA) is 26.3 Å². The van der Waals surface area contributed by atoms with E-state index in [1.807, 2.05) is 342 Å². The van der Waals surface area contributed by atoms with Crippen LogP contribution in [0.2, 0.25) is 0 Å². The molecule has 0 heterocycles. The van der Waals surface area contributed by atoms with Crippen LogP contribution in [0.1, 0.15) is 138 Å². The van der Waals surface area contributed by atoms with Crippen molar-refractivity contribution in [3.63, 3.8) is 0 Å². The van der Waals surface area contributed by atoms with E-state index < -0.39 is 0 Å². The molecule has 0 bridgehead atoms. The molecular weight excluding hydrogens is 1410 g/mol. The van der Waals surface area contributed by atoms with Crippen molar-refractivity contribution in [1.82, 2.24) is 0 Å². The van der Waals surface area contributed by atoms with E-state index in [2.05, 4.69) is 148 Å². The fourth-order valence-electron chi connectivity index (χ4n) is 6.21. The summed E-state index contributed by atoms with van der Waals surface area (Å²) < 4.78 is 5.58. The van der Waals surface area contributed by atoms with Gasteiger partial charge in [-0.1, -0.05) is 317 Å². The number of hydrogen-bond acceptors (Lipinski definition) is 11. The van der Waals surface area contributed by atoms with Crippen molar-refractivity contribution >= 4 is 112 Å². The molecule has 568 valence electrons. The molecule has 11 heteroatoms. The molecule has 0 aliphatic carbocycles. The Bertz CT molecular complexity index is 2780. The van der Waals surface area contributed by atoms with E-state index in [1.165, 1.54) is 40.5 Å². The number of aryl methyl sites for hydroxylation is 2. The lowest BCUT2D eigenvalue weighted by Crippen LogP contribution is -1.99. The Kier molecular flexibility index (Phi) is 115. The number of rotatable bonds is 10. The van der Waals surface area contributed by atoms with Gasteiger partial charge in [-0.25, -0.2) is 0 Å². The molecule has 10 aromatic carbocycles. The molecule has 0 aliphatic heterocycles. The Morgan fingerprint density at radius 2 is 0.441 bits per heavy atom. The van der Waals surface area contributed by atoms with Crippen molar-refractivity contribution < 1.29 is 9.53 Å². The second-order valence-corrected chi connectivity index (χ2v) is 24.8. The van der Waals surface area contributed by atoms with Gasteiger partial charge in [-0.05, 0) is 185 Å². The lowest BCUT2D eigenvalue weighted by molar-refractivity contribution is 0.103. The normalized spacial score (nSPS) is 8.10. The third-order valence-electron chi connectivity index (χ3n) is 10.2. The number of ketones is 1. The summed E-state index contributed by atoms with van der Waals surface area (Å²) in [6, 6.07) is 96.3. The molecule has 10 rings (SSSR count). The molecule has 0 unspecified atom stereocenters. The Morgan fingerprint density at radius 3 is 0.627 bits per heavy atom. The molecule has 0 radical (unpaired) electrons. The molecule has 0 N–H and O–H groups in total. The smallest absolute Gasteiger partial charge is 0.193 e. The quantitative estimate of drug-likeness (QED) is 0.0968. The third kappa shape index (κ3) is 77.4. The molecule has 0 aliphatic rings. The minimum absolute atomic E-state index is 0.0752. The molecule has 10 aromatic rings. The van der Waals surface area contributed by atoms with Gasteiger partial charge < -0.3 is 4.74 Å². The van der Waals surface area contributed by atoms with E-state index in [4.69, 9.17) is 4.74 Å². The van der Waals surface area contributed by atoms with Crippen LogP contribution in [-0.4, -0.2) is 80.9 Å². The Morgan fingerprint density at radius 1 is 0.235 bits per heavy atom. The van der Waals surface area contributed by atoms with Gasteiger partial charge >= 0.3 is 0 Å². The van der Waals surface area contributed by atoms with Gasteiger partial charge in [-0.3, -0.25) is 4.79 Å². The zero-order chi connectivity index (χ0) is 79.5. The zero-order valence-corrected chi connectivity index (χ0v) is 76.1. The van der Waals surface area contributed by atoms with Crippen LogP contribution in [0.5, 0.6) is 11.5 Å². The van der Waals surface area contributed by atoms with E-state index in [0.29, 0.717) is 0 Å². The van der Waals surface area contributed by atoms with Gasteiger partial charge in [0.15, 0.2) is 5.78 Å². The van der Waals surface area contributed by atoms with Crippen LogP contribution in [0.3, 0.4) is 0 Å². The first kappa shape index (κ1) is 115. The lowest BCUT2D eigenvalue weighted by atomic mass is 10.0. The van der Waals surface area contributed by atoms with Gasteiger partial charge in [0.1, 0.15) is 11.5 Å². The molecule has 102 heavy (non-hydrogen) atoms. The van der Waals surface area contributed by atoms with Crippen LogP contribution in [0, 0.1) is 13.8 Å². The van der Waals surface area contributed by atoms with Gasteiger partial charge in [0.05, 0.1) is 0 Å². The maximum absolute atomic E-state index is 11.8. The molecule has 0 amide bonds. The first-order valence-corrected chi connectivity index (χ1v) is 47.4. The summed E-state index contributed by atoms with van der Waals surface area (Å²) in [5.74, 6) is 1.81. The molecular formula is C91H138O2S9. The molecule has 0 aromatic heterocycles. The van der Waals surface area contributed by atoms with Gasteiger partial charge in [0.2, 0.25) is 0 Å². The summed E-state index contributed by atoms with van der Waals surface area (Å²) >= 11 is 15.9. The van der Waals surface area contributed by atoms with Crippen LogP contribution < -0.4 is 4.74 Å². The van der Waals surface area contributed by atoms with E-state index in [1.54, 1.807) is 106 Å². The molecule has 0 atom stereocenters. The summed E-state index contributed by atoms with van der Waals surface area (Å²) in [6.45, 7) is 36.2. The number of benzene rings is 10. The van der Waals surface area contributed by atoms with Crippen molar-refractivity contribution in [3.8, 4) is 11.5 Å². The van der Waals surface area contributed by atoms with Crippen LogP contribution in [0.15, 0.2) is 321 Å². The first-order valence-electron chi connectivity index (χ1n) is 35.2. The van der Waals surface area contributed by atoms with Crippen LogP contribution in [-0.2, 0) is 0 Å². The zero-order valence-electron chi connectivity index (χ0n) is 68.7. The Labute approximate surface area is 669 Å². The van der Waals surface area contributed by atoms with Crippen LogP contribution in [0.25, 0.3) is 0 Å². The highest BCUT2D eigenvalue weighted by atomic mass is 32.2. The fraction of sp³-hybridized carbons (Fsp3) is 0.330. The summed E-state index contributed by atoms with van der Waals surface area (Å²) in [5.41, 5.74) is 4.17. The van der Waals surface area contributed by atoms with E-state index in [9.17, 15) is 4.79 Å². The van der Waals surface area contributed by atoms with Crippen LogP contribution >= 0.6 is 106 Å². The number of para-hydroxylation sites is 2. The number of hydrogen-bond donors (Lipinski definition) is 0. The fourth-order valence-corrected chi connectivity index (χ4v) is 9.05. The van der Waals surface area contributed by atoms with Crippen molar-refractivity contribution in [2.75, 3.05) is 75.1 Å². The van der Waals surface area contributed by atoms with Gasteiger partial charge in [-0.15, -0.1) is 70.6 Å². The predicted octanol–water partition coefficient (Wildman–Crippen LogP) is 32.6. The highest BCUT2D eigenvalue weighted by Gasteiger charge is 2.06. The number of thioether (sulfide) groups is 9. The third-order valence-corrected chi connectivity index (χ3v) is 14.8. The minimum Gasteiger partial charge on any atom is -0.457 e. The molecule has 0 saturated carbocycles. The van der Waals surface area contributed by atoms with E-state index >= 15 is 0 Å². The lowest BCUT2D eigenvalue weighted by Gasteiger charge is -2.03. The predicted molar refractivity (Wildman–Crippen MR) is 497 cm³/mol. The van der Waals surface area contributed by atoms with E-state index in [0.717, 1.165) is 22.6 Å². The second-order valence-electron chi connectivity index (χ2n) is 17.1. The Balaban J connectivity index is -0.000000133. The second kappa shape index (κ2) is 102. The van der Waals surface area contributed by atoms with Crippen molar-refractivity contribution in [2.45, 2.75) is 154 Å². The SMILES string of the molecule is CC.CC.CC.CC.CC.CC.CC.CC.CSC.CSC.CSC.CSc1cccc(C)c1.CSc1ccccc1.CSc1ccccc1.CSc1ccccc1.CSc1ccccc1.CSc1ccccc1C.O=C(c1ccccc1)c1ccccc1.c1ccc(Oc2ccccc2)cc1. The van der Waals surface area contributed by atoms with Crippen LogP contribution in [0.4, 0.5) is 0 Å². The molecule has 0 saturated heterocycles. The first-order chi connectivity index (χ1) is 50.0. The average Bonchev–Trinajstić information content (AvgIpc) is 0.892. The summed E-state index contributed by atoms with van der Waals surface area (Å²) in [6.07, 6.45) is 24.8. The molecule has 0 spiro atoms. The van der Waals surface area contributed by atoms with E-state index in [-0.39, 0.29) is 5.78 Å². The minimum atomic E-state index is 0.0752. The van der Waals surface area contributed by atoms with Crippen molar-refractivity contribution in [1.29, 1.82) is 0 Å². The number of carbonyl (C=O) groups is 1. The van der Waals surface area contributed by atoms with Gasteiger partial charge in [0, 0.05) is 40.5 Å². The average molecular weight is 1550 g/mol. The largest absolute Gasteiger partial charge is 0.457 e. The van der Waals surface area contributed by atoms with Crippen molar-refractivity contribution in [3.05, 3.63) is 313 Å². The summed E-state index contributed by atoms with van der Waals surface area (Å²) in [7, 11) is 0. The highest BCUT2D eigenvalue weighted by molar-refractivity contribution is 8.00. The molecule has 2 nitrogen and oxygen atoms in total. The number of ether oxygens (including phenoxy) is 1. The van der Waals surface area contributed by atoms with Gasteiger partial charge in [0.25, 0.3) is 0 Å². The Hall–Kier alpha value is -5.18. The number of carbonyl (C=O) groups excluding carboxylic acids is 1. The highest BCUT2D eigenvalue weighted by Crippen LogP contribution is 2.21. The maximum Gasteiger partial charge on any atom is 0.193 e. The van der Waals surface area contributed by atoms with Crippen molar-refractivity contribution in [2.24, 2.45) is 0 Å². The monoisotopic (exact) mass is 1550 g/mol. The maximum atomic E-state index is 11.8.